The predicted octanol–water partition coefficient (Wildman–Crippen LogP) is 2.33. The van der Waals surface area contributed by atoms with Crippen LogP contribution in [0.25, 0.3) is 10.9 Å². The fourth-order valence-corrected chi connectivity index (χ4v) is 6.07. The maximum atomic E-state index is 13.5. The third kappa shape index (κ3) is 5.19. The van der Waals surface area contributed by atoms with Crippen molar-refractivity contribution in [2.24, 2.45) is 5.73 Å². The molecule has 2 aromatic heterocycles. The normalized spacial score (nSPS) is 16.4. The number of hydrogen-bond acceptors (Lipinski definition) is 6. The van der Waals surface area contributed by atoms with E-state index in [-0.39, 0.29) is 41.7 Å². The summed E-state index contributed by atoms with van der Waals surface area (Å²) in [7, 11) is -4.04. The number of sulfonamides is 1. The van der Waals surface area contributed by atoms with Crippen LogP contribution in [0, 0.1) is 0 Å². The number of carboxylic acids is 1. The van der Waals surface area contributed by atoms with Crippen LogP contribution >= 0.6 is 15.9 Å². The van der Waals surface area contributed by atoms with E-state index in [1.54, 1.807) is 30.4 Å². The van der Waals surface area contributed by atoms with Gasteiger partial charge in [-0.1, -0.05) is 18.2 Å². The molecule has 1 aromatic carbocycles. The molecule has 1 atom stereocenters. The lowest BCUT2D eigenvalue weighted by molar-refractivity contribution is -0.122. The van der Waals surface area contributed by atoms with Gasteiger partial charge in [-0.15, -0.1) is 0 Å². The van der Waals surface area contributed by atoms with Crippen LogP contribution in [0.5, 0.6) is 0 Å². The van der Waals surface area contributed by atoms with E-state index in [2.05, 4.69) is 20.9 Å². The van der Waals surface area contributed by atoms with E-state index in [4.69, 9.17) is 5.73 Å². The average molecular weight is 561 g/mol. The van der Waals surface area contributed by atoms with E-state index in [0.29, 0.717) is 15.8 Å². The number of benzene rings is 1. The van der Waals surface area contributed by atoms with Crippen molar-refractivity contribution in [3.05, 3.63) is 76.2 Å². The van der Waals surface area contributed by atoms with Crippen molar-refractivity contribution in [1.29, 1.82) is 0 Å². The number of nitrogens with two attached hydrogens (primary N) is 1. The van der Waals surface area contributed by atoms with Gasteiger partial charge in [-0.05, 0) is 52.7 Å². The Morgan fingerprint density at radius 3 is 2.63 bits per heavy atom. The molecule has 35 heavy (non-hydrogen) atoms. The molecule has 0 bridgehead atoms. The quantitative estimate of drug-likeness (QED) is 0.316. The first-order chi connectivity index (χ1) is 16.6. The molecule has 4 rings (SSSR count). The van der Waals surface area contributed by atoms with Gasteiger partial charge in [0.15, 0.2) is 5.78 Å². The van der Waals surface area contributed by atoms with Crippen LogP contribution in [-0.2, 0) is 27.1 Å². The van der Waals surface area contributed by atoms with E-state index in [1.807, 2.05) is 0 Å². The molecule has 0 aliphatic carbocycles. The van der Waals surface area contributed by atoms with Crippen LogP contribution in [0.2, 0.25) is 0 Å². The van der Waals surface area contributed by atoms with Crippen LogP contribution in [0.15, 0.2) is 59.4 Å². The van der Waals surface area contributed by atoms with Crippen molar-refractivity contribution >= 4 is 54.5 Å². The molecule has 3 heterocycles. The maximum absolute atomic E-state index is 13.5. The van der Waals surface area contributed by atoms with Crippen molar-refractivity contribution in [1.82, 2.24) is 13.9 Å². The van der Waals surface area contributed by atoms with Crippen molar-refractivity contribution in [2.75, 3.05) is 6.54 Å². The van der Waals surface area contributed by atoms with Gasteiger partial charge in [0.05, 0.1) is 23.6 Å². The molecule has 182 valence electrons. The molecule has 1 aliphatic heterocycles. The highest BCUT2D eigenvalue weighted by Gasteiger charge is 2.35. The smallest absolute Gasteiger partial charge is 0.335 e. The minimum absolute atomic E-state index is 0.00481. The maximum Gasteiger partial charge on any atom is 0.335 e. The number of Topliss-reactive ketones (excluding diaryl/α,β-unsaturated/α-hetero) is 1. The molecule has 0 saturated carbocycles. The molecule has 0 spiro atoms. The second-order valence-corrected chi connectivity index (χ2v) is 10.7. The third-order valence-corrected chi connectivity index (χ3v) is 7.88. The number of pyridine rings is 1. The lowest BCUT2D eigenvalue weighted by atomic mass is 10.0. The van der Waals surface area contributed by atoms with Crippen LogP contribution in [0.3, 0.4) is 0 Å². The average Bonchev–Trinajstić information content (AvgIpc) is 3.16. The van der Waals surface area contributed by atoms with Gasteiger partial charge in [0.1, 0.15) is 10.5 Å². The Balaban J connectivity index is 1.65. The van der Waals surface area contributed by atoms with E-state index >= 15 is 0 Å². The summed E-state index contributed by atoms with van der Waals surface area (Å²) >= 11 is 3.26. The number of aromatic carboxylic acids is 1. The summed E-state index contributed by atoms with van der Waals surface area (Å²) in [5.41, 5.74) is 6.25. The lowest BCUT2D eigenvalue weighted by Crippen LogP contribution is -2.48. The molecule has 10 nitrogen and oxygen atoms in total. The van der Waals surface area contributed by atoms with Crippen LogP contribution in [0.1, 0.15) is 32.8 Å². The van der Waals surface area contributed by atoms with Crippen molar-refractivity contribution in [3.63, 3.8) is 0 Å². The highest BCUT2D eigenvalue weighted by atomic mass is 79.9. The topological polar surface area (TPSA) is 153 Å². The Bertz CT molecular complexity index is 1480. The molecule has 3 aromatic rings. The van der Waals surface area contributed by atoms with Crippen LogP contribution < -0.4 is 5.73 Å². The molecule has 0 unspecified atom stereocenters. The first-order valence-electron chi connectivity index (χ1n) is 10.5. The number of carboxylic acid groups (broad SMARTS) is 1. The predicted molar refractivity (Wildman–Crippen MR) is 131 cm³/mol. The number of amides is 1. The van der Waals surface area contributed by atoms with Gasteiger partial charge in [0.2, 0.25) is 10.0 Å². The van der Waals surface area contributed by atoms with Gasteiger partial charge in [0.25, 0.3) is 5.91 Å². The molecule has 0 radical (unpaired) electrons. The van der Waals surface area contributed by atoms with E-state index < -0.39 is 33.8 Å². The fraction of sp³-hybridized carbons (Fsp3) is 0.217. The molecule has 3 N–H and O–H groups in total. The summed E-state index contributed by atoms with van der Waals surface area (Å²) < 4.78 is 30.0. The zero-order valence-corrected chi connectivity index (χ0v) is 20.7. The van der Waals surface area contributed by atoms with E-state index in [1.165, 1.54) is 29.0 Å². The number of aromatic nitrogens is 2. The summed E-state index contributed by atoms with van der Waals surface area (Å²) in [6, 6.07) is 8.30. The van der Waals surface area contributed by atoms with Gasteiger partial charge in [-0.3, -0.25) is 9.59 Å². The second-order valence-electron chi connectivity index (χ2n) is 8.04. The second kappa shape index (κ2) is 9.72. The molecule has 12 heteroatoms. The molecular weight excluding hydrogens is 540 g/mol. The van der Waals surface area contributed by atoms with Gasteiger partial charge in [-0.25, -0.2) is 18.2 Å². The first kappa shape index (κ1) is 24.8. The number of halogens is 1. The number of primary amides is 1. The van der Waals surface area contributed by atoms with Crippen LogP contribution in [0.4, 0.5) is 0 Å². The summed E-state index contributed by atoms with van der Waals surface area (Å²) in [6.07, 6.45) is 4.94. The van der Waals surface area contributed by atoms with Gasteiger partial charge < -0.3 is 15.4 Å². The summed E-state index contributed by atoms with van der Waals surface area (Å²) in [5, 5.41) is 9.50. The largest absolute Gasteiger partial charge is 0.478 e. The Morgan fingerprint density at radius 1 is 1.17 bits per heavy atom. The van der Waals surface area contributed by atoms with Gasteiger partial charge in [0, 0.05) is 29.3 Å². The third-order valence-electron chi connectivity index (χ3n) is 5.71. The van der Waals surface area contributed by atoms with Crippen molar-refractivity contribution in [3.8, 4) is 0 Å². The Hall–Kier alpha value is -3.35. The summed E-state index contributed by atoms with van der Waals surface area (Å²) in [6.45, 7) is 0.0235. The fourth-order valence-electron chi connectivity index (χ4n) is 4.08. The van der Waals surface area contributed by atoms with Gasteiger partial charge >= 0.3 is 5.97 Å². The van der Waals surface area contributed by atoms with Crippen molar-refractivity contribution in [2.45, 2.75) is 24.8 Å². The van der Waals surface area contributed by atoms with E-state index in [9.17, 15) is 27.9 Å². The minimum atomic E-state index is -4.04. The molecule has 0 saturated heterocycles. The first-order valence-corrected chi connectivity index (χ1v) is 12.9. The number of carbonyl (C=O) groups excluding carboxylic acids is 2. The zero-order valence-electron chi connectivity index (χ0n) is 18.3. The summed E-state index contributed by atoms with van der Waals surface area (Å²) in [5.74, 6) is -2.85. The number of nitrogens with zero attached hydrogens (tertiary/aromatic N) is 3. The standard InChI is InChI=1S/C23H21BrN4O6S/c24-21-6-3-4-15(26-21)11-20(29)19-5-1-2-9-28(19)35(33,34)13-27-12-17(22(25)30)16-10-14(23(31)32)7-8-18(16)27/h1-4,6-8,10,12,19H,5,9,11,13H2,(H2,25,30)(H,31,32)/t19-/m0/s1. The number of hydrogen-bond donors (Lipinski definition) is 2. The number of rotatable bonds is 8. The lowest BCUT2D eigenvalue weighted by Gasteiger charge is -2.31. The Labute approximate surface area is 209 Å². The monoisotopic (exact) mass is 560 g/mol. The molecular formula is C23H21BrN4O6S. The zero-order chi connectivity index (χ0) is 25.3. The molecule has 0 fully saturated rings. The Morgan fingerprint density at radius 2 is 1.94 bits per heavy atom. The number of carbonyl (C=O) groups is 3. The number of fused-ring (bicyclic) bond motifs is 1. The number of ketones is 1. The highest BCUT2D eigenvalue weighted by Crippen LogP contribution is 2.26. The minimum Gasteiger partial charge on any atom is -0.478 e. The van der Waals surface area contributed by atoms with Gasteiger partial charge in [-0.2, -0.15) is 4.31 Å². The van der Waals surface area contributed by atoms with E-state index in [0.717, 1.165) is 4.31 Å². The van der Waals surface area contributed by atoms with Crippen molar-refractivity contribution < 1.29 is 27.9 Å². The Kier molecular flexibility index (Phi) is 6.88. The highest BCUT2D eigenvalue weighted by molar-refractivity contribution is 9.10. The van der Waals surface area contributed by atoms with Crippen LogP contribution in [-0.4, -0.2) is 57.6 Å². The summed E-state index contributed by atoms with van der Waals surface area (Å²) in [4.78, 5) is 40.6. The SMILES string of the molecule is NC(=O)c1cn(CS(=O)(=O)N2CC=CC[C@H]2C(=O)Cc2cccc(Br)n2)c2ccc(C(=O)O)cc12. The molecule has 1 amide bonds. The molecule has 1 aliphatic rings.